The Balaban J connectivity index is 0.00000121. The zero-order valence-electron chi connectivity index (χ0n) is 7.08. The van der Waals surface area contributed by atoms with Crippen molar-refractivity contribution >= 4 is 18.4 Å². The van der Waals surface area contributed by atoms with Crippen molar-refractivity contribution in [1.82, 2.24) is 5.32 Å². The van der Waals surface area contributed by atoms with Crippen LogP contribution in [0.5, 0.6) is 0 Å². The molecule has 1 heterocycles. The van der Waals surface area contributed by atoms with Crippen LogP contribution in [0.25, 0.3) is 0 Å². The summed E-state index contributed by atoms with van der Waals surface area (Å²) in [5, 5.41) is 3.10. The smallest absolute Gasteiger partial charge is 0.322 e. The number of esters is 1. The molecule has 0 amide bonds. The van der Waals surface area contributed by atoms with E-state index in [-0.39, 0.29) is 30.5 Å². The molecule has 0 aromatic carbocycles. The van der Waals surface area contributed by atoms with Crippen molar-refractivity contribution in [1.29, 1.82) is 0 Å². The molecule has 0 bridgehead atoms. The van der Waals surface area contributed by atoms with Gasteiger partial charge in [0.25, 0.3) is 0 Å². The summed E-state index contributed by atoms with van der Waals surface area (Å²) in [5.74, 6) is -0.172. The molecule has 1 aliphatic rings. The van der Waals surface area contributed by atoms with E-state index in [0.717, 1.165) is 12.8 Å². The van der Waals surface area contributed by atoms with Gasteiger partial charge in [-0.2, -0.15) is 0 Å². The molecular weight excluding hydrogens is 178 g/mol. The van der Waals surface area contributed by atoms with Gasteiger partial charge >= 0.3 is 5.97 Å². The Morgan fingerprint density at radius 1 is 1.67 bits per heavy atom. The highest BCUT2D eigenvalue weighted by Crippen LogP contribution is 2.13. The summed E-state index contributed by atoms with van der Waals surface area (Å²) in [6.07, 6.45) is 3.65. The minimum Gasteiger partial charge on any atom is -0.468 e. The Morgan fingerprint density at radius 2 is 2.33 bits per heavy atom. The molecule has 12 heavy (non-hydrogen) atoms. The fourth-order valence-corrected chi connectivity index (χ4v) is 1.29. The average Bonchev–Trinajstić information content (AvgIpc) is 2.50. The molecule has 0 spiro atoms. The first-order chi connectivity index (χ1) is 5.27. The van der Waals surface area contributed by atoms with Crippen molar-refractivity contribution in [3.8, 4) is 0 Å². The number of methoxy groups -OCH3 is 1. The molecule has 0 radical (unpaired) electrons. The summed E-state index contributed by atoms with van der Waals surface area (Å²) in [5.41, 5.74) is 0. The number of rotatable bonds is 2. The fraction of sp³-hybridized carbons (Fsp3) is 0.625. The first kappa shape index (κ1) is 11.5. The molecular formula is C8H14ClNO2. The molecule has 0 aromatic heterocycles. The van der Waals surface area contributed by atoms with E-state index in [1.807, 2.05) is 6.08 Å². The van der Waals surface area contributed by atoms with E-state index in [1.54, 1.807) is 0 Å². The highest BCUT2D eigenvalue weighted by molar-refractivity contribution is 5.85. The number of hydrogen-bond donors (Lipinski definition) is 1. The van der Waals surface area contributed by atoms with Gasteiger partial charge in [0.05, 0.1) is 7.11 Å². The van der Waals surface area contributed by atoms with Crippen LogP contribution in [0.4, 0.5) is 0 Å². The summed E-state index contributed by atoms with van der Waals surface area (Å²) in [6, 6.07) is 0.155. The molecule has 1 aliphatic heterocycles. The molecule has 1 N–H and O–H groups in total. The van der Waals surface area contributed by atoms with Gasteiger partial charge in [0.2, 0.25) is 0 Å². The lowest BCUT2D eigenvalue weighted by atomic mass is 10.2. The Kier molecular flexibility index (Phi) is 4.93. The maximum absolute atomic E-state index is 11.0. The van der Waals surface area contributed by atoms with Gasteiger partial charge in [-0.05, 0) is 12.8 Å². The minimum atomic E-state index is -0.172. The Morgan fingerprint density at radius 3 is 2.75 bits per heavy atom. The van der Waals surface area contributed by atoms with E-state index in [0.29, 0.717) is 0 Å². The van der Waals surface area contributed by atoms with Crippen LogP contribution in [-0.4, -0.2) is 25.2 Å². The third-order valence-electron chi connectivity index (χ3n) is 1.95. The van der Waals surface area contributed by atoms with Crippen LogP contribution in [0.2, 0.25) is 0 Å². The summed E-state index contributed by atoms with van der Waals surface area (Å²) in [4.78, 5) is 11.0. The van der Waals surface area contributed by atoms with Crippen molar-refractivity contribution in [2.24, 2.45) is 0 Å². The van der Waals surface area contributed by atoms with Crippen LogP contribution in [0.1, 0.15) is 12.8 Å². The third-order valence-corrected chi connectivity index (χ3v) is 1.95. The van der Waals surface area contributed by atoms with E-state index in [9.17, 15) is 4.79 Å². The minimum absolute atomic E-state index is 0. The van der Waals surface area contributed by atoms with Crippen LogP contribution in [0.15, 0.2) is 12.7 Å². The highest BCUT2D eigenvalue weighted by atomic mass is 35.5. The van der Waals surface area contributed by atoms with E-state index in [4.69, 9.17) is 0 Å². The molecule has 4 heteroatoms. The highest BCUT2D eigenvalue weighted by Gasteiger charge is 2.27. The predicted octanol–water partition coefficient (Wildman–Crippen LogP) is 0.888. The van der Waals surface area contributed by atoms with Gasteiger partial charge in [-0.1, -0.05) is 6.08 Å². The number of nitrogens with one attached hydrogen (secondary N) is 1. The molecule has 0 saturated carbocycles. The van der Waals surface area contributed by atoms with Gasteiger partial charge in [-0.15, -0.1) is 19.0 Å². The average molecular weight is 192 g/mol. The van der Waals surface area contributed by atoms with Gasteiger partial charge in [0, 0.05) is 6.04 Å². The van der Waals surface area contributed by atoms with Gasteiger partial charge in [0.1, 0.15) is 6.04 Å². The molecule has 0 aliphatic carbocycles. The Hall–Kier alpha value is -0.540. The molecule has 0 unspecified atom stereocenters. The zero-order valence-corrected chi connectivity index (χ0v) is 7.89. The molecule has 1 saturated heterocycles. The van der Waals surface area contributed by atoms with Gasteiger partial charge < -0.3 is 4.74 Å². The van der Waals surface area contributed by atoms with E-state index < -0.39 is 0 Å². The van der Waals surface area contributed by atoms with E-state index >= 15 is 0 Å². The molecule has 2 atom stereocenters. The van der Waals surface area contributed by atoms with Gasteiger partial charge in [-0.25, -0.2) is 0 Å². The maximum Gasteiger partial charge on any atom is 0.322 e. The lowest BCUT2D eigenvalue weighted by Crippen LogP contribution is -2.35. The van der Waals surface area contributed by atoms with Crippen LogP contribution in [-0.2, 0) is 9.53 Å². The summed E-state index contributed by atoms with van der Waals surface area (Å²) < 4.78 is 4.59. The van der Waals surface area contributed by atoms with Crippen molar-refractivity contribution in [3.05, 3.63) is 12.7 Å². The quantitative estimate of drug-likeness (QED) is 0.521. The second-order valence-electron chi connectivity index (χ2n) is 2.66. The molecule has 1 fully saturated rings. The Bertz CT molecular complexity index is 172. The molecule has 0 aromatic rings. The second kappa shape index (κ2) is 5.17. The molecule has 70 valence electrons. The van der Waals surface area contributed by atoms with Crippen molar-refractivity contribution < 1.29 is 9.53 Å². The monoisotopic (exact) mass is 191 g/mol. The first-order valence-electron chi connectivity index (χ1n) is 3.74. The summed E-state index contributed by atoms with van der Waals surface area (Å²) >= 11 is 0. The van der Waals surface area contributed by atoms with E-state index in [1.165, 1.54) is 7.11 Å². The third kappa shape index (κ3) is 2.50. The number of hydrogen-bond acceptors (Lipinski definition) is 3. The van der Waals surface area contributed by atoms with Crippen molar-refractivity contribution in [2.75, 3.05) is 7.11 Å². The van der Waals surface area contributed by atoms with Crippen LogP contribution < -0.4 is 5.32 Å². The summed E-state index contributed by atoms with van der Waals surface area (Å²) in [6.45, 7) is 3.65. The largest absolute Gasteiger partial charge is 0.468 e. The van der Waals surface area contributed by atoms with E-state index in [2.05, 4.69) is 16.6 Å². The maximum atomic E-state index is 11.0. The Labute approximate surface area is 78.6 Å². The lowest BCUT2D eigenvalue weighted by molar-refractivity contribution is -0.142. The fourth-order valence-electron chi connectivity index (χ4n) is 1.29. The standard InChI is InChI=1S/C8H13NO2.ClH/c1-3-6-4-5-7(9-6)8(10)11-2;/h3,6-7,9H,1,4-5H2,2H3;1H/t6-,7-;/m0./s1. The molecule has 1 rings (SSSR count). The second-order valence-corrected chi connectivity index (χ2v) is 2.66. The van der Waals surface area contributed by atoms with Gasteiger partial charge in [0.15, 0.2) is 0 Å². The lowest BCUT2D eigenvalue weighted by Gasteiger charge is -2.08. The number of carbonyl (C=O) groups excluding carboxylic acids is 1. The van der Waals surface area contributed by atoms with Crippen molar-refractivity contribution in [3.63, 3.8) is 0 Å². The first-order valence-corrected chi connectivity index (χ1v) is 3.74. The predicted molar refractivity (Wildman–Crippen MR) is 49.4 cm³/mol. The van der Waals surface area contributed by atoms with Gasteiger partial charge in [-0.3, -0.25) is 10.1 Å². The van der Waals surface area contributed by atoms with Crippen LogP contribution in [0, 0.1) is 0 Å². The van der Waals surface area contributed by atoms with Crippen LogP contribution in [0.3, 0.4) is 0 Å². The summed E-state index contributed by atoms with van der Waals surface area (Å²) in [7, 11) is 1.41. The zero-order chi connectivity index (χ0) is 8.27. The SMILES string of the molecule is C=C[C@H]1CC[C@@H](C(=O)OC)N1.Cl. The number of ether oxygens (including phenoxy) is 1. The van der Waals surface area contributed by atoms with Crippen LogP contribution >= 0.6 is 12.4 Å². The topological polar surface area (TPSA) is 38.3 Å². The number of halogens is 1. The van der Waals surface area contributed by atoms with Crippen molar-refractivity contribution in [2.45, 2.75) is 24.9 Å². The number of carbonyl (C=O) groups is 1. The normalized spacial score (nSPS) is 27.4. The molecule has 3 nitrogen and oxygen atoms in total.